The van der Waals surface area contributed by atoms with E-state index in [0.29, 0.717) is 27.8 Å². The van der Waals surface area contributed by atoms with Crippen molar-refractivity contribution >= 4 is 45.7 Å². The van der Waals surface area contributed by atoms with Crippen LogP contribution in [-0.2, 0) is 9.59 Å². The zero-order chi connectivity index (χ0) is 16.1. The number of hydrogen-bond acceptors (Lipinski definition) is 5. The van der Waals surface area contributed by atoms with Crippen LogP contribution in [-0.4, -0.2) is 28.8 Å². The number of thioether (sulfide) groups is 1. The van der Waals surface area contributed by atoms with Crippen LogP contribution in [0.15, 0.2) is 23.6 Å². The van der Waals surface area contributed by atoms with Gasteiger partial charge in [-0.1, -0.05) is 0 Å². The normalized spacial score (nSPS) is 10.3. The Bertz CT molecular complexity index is 703. The van der Waals surface area contributed by atoms with Crippen molar-refractivity contribution in [2.45, 2.75) is 6.92 Å². The Morgan fingerprint density at radius 1 is 1.36 bits per heavy atom. The fourth-order valence-corrected chi connectivity index (χ4v) is 2.81. The van der Waals surface area contributed by atoms with E-state index in [1.807, 2.05) is 6.26 Å². The van der Waals surface area contributed by atoms with Crippen LogP contribution in [0.1, 0.15) is 6.92 Å². The van der Waals surface area contributed by atoms with Crippen molar-refractivity contribution in [3.63, 3.8) is 0 Å². The molecule has 0 saturated heterocycles. The molecule has 22 heavy (non-hydrogen) atoms. The van der Waals surface area contributed by atoms with Gasteiger partial charge in [-0.3, -0.25) is 9.59 Å². The Morgan fingerprint density at radius 3 is 2.77 bits per heavy atom. The number of halogens is 1. The number of anilines is 2. The lowest BCUT2D eigenvalue weighted by Gasteiger charge is -2.05. The summed E-state index contributed by atoms with van der Waals surface area (Å²) in [5, 5.41) is 7.27. The molecule has 0 saturated carbocycles. The molecule has 2 aromatic rings. The van der Waals surface area contributed by atoms with Gasteiger partial charge in [-0.25, -0.2) is 9.37 Å². The van der Waals surface area contributed by atoms with E-state index in [-0.39, 0.29) is 11.8 Å². The molecule has 2 N–H and O–H groups in total. The average Bonchev–Trinajstić information content (AvgIpc) is 2.86. The second-order valence-electron chi connectivity index (χ2n) is 4.39. The van der Waals surface area contributed by atoms with E-state index in [1.54, 1.807) is 17.5 Å². The summed E-state index contributed by atoms with van der Waals surface area (Å²) < 4.78 is 14.1. The van der Waals surface area contributed by atoms with E-state index < -0.39 is 5.82 Å². The van der Waals surface area contributed by atoms with Gasteiger partial charge in [0.05, 0.1) is 11.4 Å². The van der Waals surface area contributed by atoms with Gasteiger partial charge >= 0.3 is 0 Å². The van der Waals surface area contributed by atoms with Crippen LogP contribution in [0.4, 0.5) is 15.2 Å². The number of carbonyl (C=O) groups is 2. The zero-order valence-corrected chi connectivity index (χ0v) is 13.6. The van der Waals surface area contributed by atoms with Crippen LogP contribution < -0.4 is 10.6 Å². The van der Waals surface area contributed by atoms with E-state index in [1.165, 1.54) is 36.1 Å². The van der Waals surface area contributed by atoms with Crippen molar-refractivity contribution in [1.29, 1.82) is 0 Å². The van der Waals surface area contributed by atoms with Crippen molar-refractivity contribution in [2.75, 3.05) is 22.6 Å². The SMILES string of the molecule is CSCC(=O)Nc1nc(-c2ccc(NC(C)=O)cc2F)cs1. The molecule has 0 radical (unpaired) electrons. The van der Waals surface area contributed by atoms with E-state index in [4.69, 9.17) is 0 Å². The number of benzene rings is 1. The predicted octanol–water partition coefficient (Wildman–Crippen LogP) is 3.21. The van der Waals surface area contributed by atoms with Gasteiger partial charge in [0.25, 0.3) is 0 Å². The number of aromatic nitrogens is 1. The Morgan fingerprint density at radius 2 is 2.14 bits per heavy atom. The van der Waals surface area contributed by atoms with Gasteiger partial charge in [-0.05, 0) is 24.5 Å². The zero-order valence-electron chi connectivity index (χ0n) is 12.0. The van der Waals surface area contributed by atoms with Gasteiger partial charge < -0.3 is 10.6 Å². The average molecular weight is 339 g/mol. The highest BCUT2D eigenvalue weighted by Gasteiger charge is 2.12. The van der Waals surface area contributed by atoms with Gasteiger partial charge in [0, 0.05) is 23.6 Å². The second-order valence-corrected chi connectivity index (χ2v) is 6.12. The fraction of sp³-hybridized carbons (Fsp3) is 0.214. The molecule has 5 nitrogen and oxygen atoms in total. The van der Waals surface area contributed by atoms with E-state index in [9.17, 15) is 14.0 Å². The largest absolute Gasteiger partial charge is 0.326 e. The maximum atomic E-state index is 14.1. The molecule has 8 heteroatoms. The minimum atomic E-state index is -0.487. The summed E-state index contributed by atoms with van der Waals surface area (Å²) in [6.45, 7) is 1.36. The van der Waals surface area contributed by atoms with Crippen LogP contribution in [0.3, 0.4) is 0 Å². The monoisotopic (exact) mass is 339 g/mol. The molecule has 1 aromatic carbocycles. The van der Waals surface area contributed by atoms with E-state index >= 15 is 0 Å². The number of thiazole rings is 1. The lowest BCUT2D eigenvalue weighted by molar-refractivity contribution is -0.114. The van der Waals surface area contributed by atoms with Crippen LogP contribution in [0, 0.1) is 5.82 Å². The molecule has 0 spiro atoms. The van der Waals surface area contributed by atoms with Crippen LogP contribution in [0.5, 0.6) is 0 Å². The van der Waals surface area contributed by atoms with Gasteiger partial charge in [0.15, 0.2) is 5.13 Å². The molecule has 2 rings (SSSR count). The number of rotatable bonds is 5. The van der Waals surface area contributed by atoms with Crippen molar-refractivity contribution in [1.82, 2.24) is 4.98 Å². The van der Waals surface area contributed by atoms with Gasteiger partial charge in [0.2, 0.25) is 11.8 Å². The highest BCUT2D eigenvalue weighted by molar-refractivity contribution is 7.99. The third kappa shape index (κ3) is 4.28. The molecule has 0 unspecified atom stereocenters. The van der Waals surface area contributed by atoms with Gasteiger partial charge in [-0.2, -0.15) is 11.8 Å². The molecule has 0 atom stereocenters. The number of amides is 2. The molecular weight excluding hydrogens is 325 g/mol. The molecule has 0 aliphatic heterocycles. The fourth-order valence-electron chi connectivity index (χ4n) is 1.75. The summed E-state index contributed by atoms with van der Waals surface area (Å²) in [4.78, 5) is 26.6. The summed E-state index contributed by atoms with van der Waals surface area (Å²) in [5.41, 5.74) is 1.14. The molecule has 2 amide bonds. The Labute approximate surface area is 135 Å². The Balaban J connectivity index is 2.17. The highest BCUT2D eigenvalue weighted by Crippen LogP contribution is 2.28. The number of hydrogen-bond donors (Lipinski definition) is 2. The third-order valence-corrected chi connectivity index (χ3v) is 3.90. The van der Waals surface area contributed by atoms with Crippen molar-refractivity contribution in [2.24, 2.45) is 0 Å². The number of nitrogens with zero attached hydrogens (tertiary/aromatic N) is 1. The maximum absolute atomic E-state index is 14.1. The van der Waals surface area contributed by atoms with Crippen molar-refractivity contribution in [3.8, 4) is 11.3 Å². The van der Waals surface area contributed by atoms with Gasteiger partial charge in [0.1, 0.15) is 5.82 Å². The van der Waals surface area contributed by atoms with Crippen LogP contribution >= 0.6 is 23.1 Å². The molecule has 0 fully saturated rings. The summed E-state index contributed by atoms with van der Waals surface area (Å²) in [6, 6.07) is 4.39. The Hall–Kier alpha value is -1.93. The smallest absolute Gasteiger partial charge is 0.236 e. The molecule has 1 heterocycles. The molecule has 1 aromatic heterocycles. The molecule has 116 valence electrons. The minimum Gasteiger partial charge on any atom is -0.326 e. The minimum absolute atomic E-state index is 0.144. The highest BCUT2D eigenvalue weighted by atomic mass is 32.2. The number of carbonyl (C=O) groups excluding carboxylic acids is 2. The predicted molar refractivity (Wildman–Crippen MR) is 88.8 cm³/mol. The first-order valence-corrected chi connectivity index (χ1v) is 8.58. The summed E-state index contributed by atoms with van der Waals surface area (Å²) >= 11 is 2.64. The number of nitrogens with one attached hydrogen (secondary N) is 2. The van der Waals surface area contributed by atoms with Crippen LogP contribution in [0.25, 0.3) is 11.3 Å². The Kier molecular flexibility index (Phi) is 5.51. The van der Waals surface area contributed by atoms with E-state index in [0.717, 1.165) is 0 Å². The van der Waals surface area contributed by atoms with Crippen molar-refractivity contribution in [3.05, 3.63) is 29.4 Å². The molecule has 0 aliphatic rings. The lowest BCUT2D eigenvalue weighted by Crippen LogP contribution is -2.13. The third-order valence-electron chi connectivity index (χ3n) is 2.59. The molecule has 0 bridgehead atoms. The van der Waals surface area contributed by atoms with E-state index in [2.05, 4.69) is 15.6 Å². The maximum Gasteiger partial charge on any atom is 0.236 e. The standard InChI is InChI=1S/C14H14FN3O2S2/c1-8(19)16-9-3-4-10(11(15)5-9)12-6-22-14(17-12)18-13(20)7-21-2/h3-6H,7H2,1-2H3,(H,16,19)(H,17,18,20). The van der Waals surface area contributed by atoms with Gasteiger partial charge in [-0.15, -0.1) is 11.3 Å². The first-order chi connectivity index (χ1) is 10.5. The first-order valence-electron chi connectivity index (χ1n) is 6.31. The summed E-state index contributed by atoms with van der Waals surface area (Å²) in [7, 11) is 0. The van der Waals surface area contributed by atoms with Crippen molar-refractivity contribution < 1.29 is 14.0 Å². The molecule has 0 aliphatic carbocycles. The summed E-state index contributed by atoms with van der Waals surface area (Å²) in [6.07, 6.45) is 1.83. The lowest BCUT2D eigenvalue weighted by atomic mass is 10.1. The quantitative estimate of drug-likeness (QED) is 0.877. The summed E-state index contributed by atoms with van der Waals surface area (Å²) in [5.74, 6) is -0.553. The topological polar surface area (TPSA) is 71.1 Å². The van der Waals surface area contributed by atoms with Crippen LogP contribution in [0.2, 0.25) is 0 Å². The molecular formula is C14H14FN3O2S2. The second kappa shape index (κ2) is 7.37. The first kappa shape index (κ1) is 16.4.